The number of rotatable bonds is 4. The Hall–Kier alpha value is -1.13. The molecule has 4 heteroatoms. The Morgan fingerprint density at radius 2 is 1.88 bits per heavy atom. The van der Waals surface area contributed by atoms with Crippen molar-refractivity contribution < 1.29 is 13.5 Å². The smallest absolute Gasteiger partial charge is 0.181 e. The van der Waals surface area contributed by atoms with E-state index in [1.54, 1.807) is 37.3 Å². The van der Waals surface area contributed by atoms with Crippen LogP contribution in [0.25, 0.3) is 0 Å². The molecule has 16 heavy (non-hydrogen) atoms. The van der Waals surface area contributed by atoms with Crippen molar-refractivity contribution in [1.29, 1.82) is 0 Å². The summed E-state index contributed by atoms with van der Waals surface area (Å²) in [6, 6.07) is 6.62. The molecular formula is C12H16O3S. The molecule has 0 heterocycles. The lowest BCUT2D eigenvalue weighted by atomic mass is 10.2. The molecular weight excluding hydrogens is 224 g/mol. The van der Waals surface area contributed by atoms with Gasteiger partial charge in [0.25, 0.3) is 0 Å². The molecule has 1 unspecified atom stereocenters. The van der Waals surface area contributed by atoms with Gasteiger partial charge in [0, 0.05) is 0 Å². The molecule has 0 saturated carbocycles. The fourth-order valence-corrected chi connectivity index (χ4v) is 2.65. The second kappa shape index (κ2) is 5.27. The van der Waals surface area contributed by atoms with Crippen LogP contribution in [0.1, 0.15) is 12.5 Å². The van der Waals surface area contributed by atoms with Gasteiger partial charge in [0.1, 0.15) is 0 Å². The van der Waals surface area contributed by atoms with Crippen molar-refractivity contribution in [3.8, 4) is 0 Å². The van der Waals surface area contributed by atoms with Gasteiger partial charge in [-0.3, -0.25) is 0 Å². The predicted molar refractivity (Wildman–Crippen MR) is 64.1 cm³/mol. The van der Waals surface area contributed by atoms with Crippen LogP contribution in [0.2, 0.25) is 0 Å². The lowest BCUT2D eigenvalue weighted by Crippen LogP contribution is -2.18. The van der Waals surface area contributed by atoms with Crippen molar-refractivity contribution in [3.05, 3.63) is 42.0 Å². The van der Waals surface area contributed by atoms with Gasteiger partial charge in [0.05, 0.1) is 16.8 Å². The van der Waals surface area contributed by atoms with Gasteiger partial charge in [-0.25, -0.2) is 8.42 Å². The fraction of sp³-hybridized carbons (Fsp3) is 0.333. The number of benzene rings is 1. The number of sulfone groups is 1. The van der Waals surface area contributed by atoms with Gasteiger partial charge >= 0.3 is 0 Å². The van der Waals surface area contributed by atoms with Gasteiger partial charge in [-0.05, 0) is 26.0 Å². The number of hydrogen-bond acceptors (Lipinski definition) is 3. The second-order valence-electron chi connectivity index (χ2n) is 3.69. The monoisotopic (exact) mass is 240 g/mol. The molecule has 0 spiro atoms. The fourth-order valence-electron chi connectivity index (χ4n) is 1.34. The van der Waals surface area contributed by atoms with Gasteiger partial charge in [-0.1, -0.05) is 29.8 Å². The van der Waals surface area contributed by atoms with Crippen molar-refractivity contribution in [1.82, 2.24) is 0 Å². The number of hydrogen-bond donors (Lipinski definition) is 1. The number of aryl methyl sites for hydroxylation is 1. The van der Waals surface area contributed by atoms with Crippen LogP contribution in [-0.4, -0.2) is 25.4 Å². The van der Waals surface area contributed by atoms with Crippen LogP contribution in [0, 0.1) is 6.92 Å². The molecule has 3 nitrogen and oxygen atoms in total. The zero-order valence-electron chi connectivity index (χ0n) is 9.42. The van der Waals surface area contributed by atoms with Crippen molar-refractivity contribution in [2.75, 3.05) is 5.75 Å². The lowest BCUT2D eigenvalue weighted by Gasteiger charge is -2.07. The molecule has 0 radical (unpaired) electrons. The maximum atomic E-state index is 11.8. The Bertz CT molecular complexity index is 458. The third-order valence-electron chi connectivity index (χ3n) is 2.18. The largest absolute Gasteiger partial charge is 0.388 e. The molecule has 0 amide bonds. The van der Waals surface area contributed by atoms with Crippen molar-refractivity contribution in [2.45, 2.75) is 24.8 Å². The summed E-state index contributed by atoms with van der Waals surface area (Å²) in [5.41, 5.74) is 1.01. The van der Waals surface area contributed by atoms with E-state index >= 15 is 0 Å². The minimum Gasteiger partial charge on any atom is -0.388 e. The number of aliphatic hydroxyl groups excluding tert-OH is 1. The van der Waals surface area contributed by atoms with E-state index in [9.17, 15) is 13.5 Å². The highest BCUT2D eigenvalue weighted by Gasteiger charge is 2.17. The SMILES string of the molecule is CC=CC(O)CS(=O)(=O)c1ccc(C)cc1. The average Bonchev–Trinajstić information content (AvgIpc) is 2.17. The summed E-state index contributed by atoms with van der Waals surface area (Å²) >= 11 is 0. The van der Waals surface area contributed by atoms with Crippen LogP contribution in [0.4, 0.5) is 0 Å². The van der Waals surface area contributed by atoms with E-state index in [2.05, 4.69) is 0 Å². The number of allylic oxidation sites excluding steroid dienone is 1. The topological polar surface area (TPSA) is 54.4 Å². The van der Waals surface area contributed by atoms with Gasteiger partial charge in [-0.2, -0.15) is 0 Å². The molecule has 1 aromatic rings. The second-order valence-corrected chi connectivity index (χ2v) is 5.72. The molecule has 1 rings (SSSR count). The Kier molecular flexibility index (Phi) is 4.26. The van der Waals surface area contributed by atoms with Gasteiger partial charge < -0.3 is 5.11 Å². The zero-order valence-corrected chi connectivity index (χ0v) is 10.2. The summed E-state index contributed by atoms with van der Waals surface area (Å²) in [6.07, 6.45) is 2.15. The molecule has 0 aliphatic carbocycles. The van der Waals surface area contributed by atoms with Crippen LogP contribution in [0.3, 0.4) is 0 Å². The Balaban J connectivity index is 2.90. The molecule has 0 aliphatic rings. The van der Waals surface area contributed by atoms with E-state index in [0.29, 0.717) is 0 Å². The third kappa shape index (κ3) is 3.47. The van der Waals surface area contributed by atoms with Crippen LogP contribution < -0.4 is 0 Å². The van der Waals surface area contributed by atoms with Crippen LogP contribution in [0.5, 0.6) is 0 Å². The third-order valence-corrected chi connectivity index (χ3v) is 3.96. The van der Waals surface area contributed by atoms with Gasteiger partial charge in [-0.15, -0.1) is 0 Å². The maximum Gasteiger partial charge on any atom is 0.181 e. The van der Waals surface area contributed by atoms with Crippen molar-refractivity contribution in [3.63, 3.8) is 0 Å². The molecule has 0 aliphatic heterocycles. The van der Waals surface area contributed by atoms with E-state index in [-0.39, 0.29) is 10.6 Å². The highest BCUT2D eigenvalue weighted by Crippen LogP contribution is 2.13. The molecule has 88 valence electrons. The molecule has 0 bridgehead atoms. The van der Waals surface area contributed by atoms with Crippen molar-refractivity contribution >= 4 is 9.84 Å². The van der Waals surface area contributed by atoms with Crippen LogP contribution in [0.15, 0.2) is 41.3 Å². The summed E-state index contributed by atoms with van der Waals surface area (Å²) < 4.78 is 23.7. The summed E-state index contributed by atoms with van der Waals surface area (Å²) in [7, 11) is -3.40. The molecule has 0 fully saturated rings. The normalized spacial score (nSPS) is 14.2. The van der Waals surface area contributed by atoms with E-state index in [4.69, 9.17) is 0 Å². The molecule has 1 atom stereocenters. The Morgan fingerprint density at radius 3 is 2.38 bits per heavy atom. The first-order chi connectivity index (χ1) is 7.45. The maximum absolute atomic E-state index is 11.8. The van der Waals surface area contributed by atoms with Gasteiger partial charge in [0.2, 0.25) is 0 Å². The summed E-state index contributed by atoms with van der Waals surface area (Å²) in [5, 5.41) is 9.43. The van der Waals surface area contributed by atoms with E-state index < -0.39 is 15.9 Å². The first kappa shape index (κ1) is 12.9. The van der Waals surface area contributed by atoms with Crippen LogP contribution >= 0.6 is 0 Å². The van der Waals surface area contributed by atoms with Crippen molar-refractivity contribution in [2.24, 2.45) is 0 Å². The summed E-state index contributed by atoms with van der Waals surface area (Å²) in [4.78, 5) is 0.252. The lowest BCUT2D eigenvalue weighted by molar-refractivity contribution is 0.246. The average molecular weight is 240 g/mol. The highest BCUT2D eigenvalue weighted by molar-refractivity contribution is 7.91. The molecule has 1 aromatic carbocycles. The predicted octanol–water partition coefficient (Wildman–Crippen LogP) is 1.71. The first-order valence-electron chi connectivity index (χ1n) is 5.06. The van der Waals surface area contributed by atoms with Crippen LogP contribution in [-0.2, 0) is 9.84 Å². The van der Waals surface area contributed by atoms with E-state index in [1.165, 1.54) is 6.08 Å². The minimum atomic E-state index is -3.40. The standard InChI is InChI=1S/C12H16O3S/c1-3-4-11(13)9-16(14,15)12-7-5-10(2)6-8-12/h3-8,11,13H,9H2,1-2H3. The summed E-state index contributed by atoms with van der Waals surface area (Å²) in [5.74, 6) is -0.277. The Labute approximate surface area is 96.4 Å². The number of aliphatic hydroxyl groups is 1. The summed E-state index contributed by atoms with van der Waals surface area (Å²) in [6.45, 7) is 3.63. The zero-order chi connectivity index (χ0) is 12.2. The van der Waals surface area contributed by atoms with E-state index in [0.717, 1.165) is 5.56 Å². The quantitative estimate of drug-likeness (QED) is 0.815. The van der Waals surface area contributed by atoms with E-state index in [1.807, 2.05) is 6.92 Å². The molecule has 1 N–H and O–H groups in total. The highest BCUT2D eigenvalue weighted by atomic mass is 32.2. The van der Waals surface area contributed by atoms with Gasteiger partial charge in [0.15, 0.2) is 9.84 Å². The Morgan fingerprint density at radius 1 is 1.31 bits per heavy atom. The molecule has 0 saturated heterocycles. The molecule has 0 aromatic heterocycles. The first-order valence-corrected chi connectivity index (χ1v) is 6.71. The minimum absolute atomic E-state index is 0.252.